The second-order valence-corrected chi connectivity index (χ2v) is 8.44. The van der Waals surface area contributed by atoms with E-state index in [4.69, 9.17) is 0 Å². The lowest BCUT2D eigenvalue weighted by molar-refractivity contribution is -0.142. The van der Waals surface area contributed by atoms with Gasteiger partial charge in [-0.25, -0.2) is 0 Å². The highest BCUT2D eigenvalue weighted by Gasteiger charge is 2.41. The molecular weight excluding hydrogens is 366 g/mol. The summed E-state index contributed by atoms with van der Waals surface area (Å²) in [5.41, 5.74) is 2.32. The molecule has 0 bridgehead atoms. The van der Waals surface area contributed by atoms with Crippen LogP contribution in [0, 0.1) is 12.3 Å². The molecule has 1 spiro atoms. The number of aromatic nitrogens is 3. The Bertz CT molecular complexity index is 855. The summed E-state index contributed by atoms with van der Waals surface area (Å²) >= 11 is 0. The summed E-state index contributed by atoms with van der Waals surface area (Å²) < 4.78 is 1.76. The van der Waals surface area contributed by atoms with Crippen LogP contribution in [0.4, 0.5) is 0 Å². The van der Waals surface area contributed by atoms with E-state index in [2.05, 4.69) is 16.1 Å². The topological polar surface area (TPSA) is 71.3 Å². The van der Waals surface area contributed by atoms with Crippen LogP contribution in [0.3, 0.4) is 0 Å². The van der Waals surface area contributed by atoms with Crippen molar-refractivity contribution in [3.05, 3.63) is 48.0 Å². The number of carbonyl (C=O) groups excluding carboxylic acids is 2. The third kappa shape index (κ3) is 4.49. The van der Waals surface area contributed by atoms with Crippen LogP contribution in [0.5, 0.6) is 0 Å². The van der Waals surface area contributed by atoms with Crippen molar-refractivity contribution in [1.29, 1.82) is 0 Å². The predicted molar refractivity (Wildman–Crippen MR) is 109 cm³/mol. The van der Waals surface area contributed by atoms with Gasteiger partial charge in [-0.05, 0) is 55.7 Å². The van der Waals surface area contributed by atoms with Gasteiger partial charge in [-0.15, -0.1) is 0 Å². The Morgan fingerprint density at radius 3 is 2.69 bits per heavy atom. The van der Waals surface area contributed by atoms with Gasteiger partial charge in [0.1, 0.15) is 6.54 Å². The molecule has 2 fully saturated rings. The first kappa shape index (κ1) is 19.6. The van der Waals surface area contributed by atoms with Gasteiger partial charge in [0, 0.05) is 56.9 Å². The molecule has 0 atom stereocenters. The number of hydrogen-bond donors (Lipinski definition) is 0. The van der Waals surface area contributed by atoms with Gasteiger partial charge in [0.15, 0.2) is 0 Å². The first-order valence-electron chi connectivity index (χ1n) is 10.5. The number of amides is 2. The van der Waals surface area contributed by atoms with Gasteiger partial charge in [-0.2, -0.15) is 5.10 Å². The molecule has 2 aromatic heterocycles. The van der Waals surface area contributed by atoms with Crippen molar-refractivity contribution in [3.8, 4) is 0 Å². The minimum atomic E-state index is 0.131. The van der Waals surface area contributed by atoms with Crippen LogP contribution >= 0.6 is 0 Å². The SMILES string of the molecule is Cc1ccnn1CC(=O)N1CCC2(CCC(=O)N(CCc3cccnc3)C2)CC1. The second-order valence-electron chi connectivity index (χ2n) is 8.44. The lowest BCUT2D eigenvalue weighted by Gasteiger charge is -2.47. The van der Waals surface area contributed by atoms with Crippen LogP contribution in [0.25, 0.3) is 0 Å². The fraction of sp³-hybridized carbons (Fsp3) is 0.545. The zero-order valence-corrected chi connectivity index (χ0v) is 17.1. The van der Waals surface area contributed by atoms with Crippen molar-refractivity contribution >= 4 is 11.8 Å². The molecule has 0 aromatic carbocycles. The van der Waals surface area contributed by atoms with Gasteiger partial charge >= 0.3 is 0 Å². The molecule has 0 N–H and O–H groups in total. The molecule has 0 unspecified atom stereocenters. The number of rotatable bonds is 5. The maximum Gasteiger partial charge on any atom is 0.244 e. The molecule has 0 radical (unpaired) electrons. The maximum absolute atomic E-state index is 12.7. The molecule has 2 amide bonds. The van der Waals surface area contributed by atoms with Crippen LogP contribution in [0.2, 0.25) is 0 Å². The Labute approximate surface area is 171 Å². The summed E-state index contributed by atoms with van der Waals surface area (Å²) in [6.07, 6.45) is 9.70. The van der Waals surface area contributed by atoms with Crippen molar-refractivity contribution in [2.45, 2.75) is 45.6 Å². The third-order valence-corrected chi connectivity index (χ3v) is 6.53. The first-order chi connectivity index (χ1) is 14.0. The smallest absolute Gasteiger partial charge is 0.244 e. The molecule has 2 saturated heterocycles. The van der Waals surface area contributed by atoms with E-state index < -0.39 is 0 Å². The normalized spacial score (nSPS) is 19.0. The van der Waals surface area contributed by atoms with Crippen molar-refractivity contribution in [3.63, 3.8) is 0 Å². The van der Waals surface area contributed by atoms with Crippen molar-refractivity contribution < 1.29 is 9.59 Å². The van der Waals surface area contributed by atoms with E-state index in [-0.39, 0.29) is 17.2 Å². The lowest BCUT2D eigenvalue weighted by atomic mass is 9.72. The predicted octanol–water partition coefficient (Wildman–Crippen LogP) is 2.06. The van der Waals surface area contributed by atoms with E-state index in [9.17, 15) is 9.59 Å². The van der Waals surface area contributed by atoms with E-state index >= 15 is 0 Å². The second kappa shape index (κ2) is 8.35. The molecular formula is C22H29N5O2. The Kier molecular flexibility index (Phi) is 5.65. The lowest BCUT2D eigenvalue weighted by Crippen LogP contribution is -2.53. The Morgan fingerprint density at radius 1 is 1.17 bits per heavy atom. The van der Waals surface area contributed by atoms with Gasteiger partial charge < -0.3 is 9.80 Å². The highest BCUT2D eigenvalue weighted by atomic mass is 16.2. The number of hydrogen-bond acceptors (Lipinski definition) is 4. The standard InChI is InChI=1S/C22H29N5O2/c1-18-5-11-24-27(18)16-21(29)25-13-8-22(9-14-25)7-4-20(28)26(17-22)12-6-19-3-2-10-23-15-19/h2-3,5,10-11,15H,4,6-9,12-14,16-17H2,1H3. The summed E-state index contributed by atoms with van der Waals surface area (Å²) in [6.45, 7) is 5.36. The van der Waals surface area contributed by atoms with Crippen LogP contribution < -0.4 is 0 Å². The fourth-order valence-electron chi connectivity index (χ4n) is 4.55. The number of piperidine rings is 2. The van der Waals surface area contributed by atoms with E-state index in [1.54, 1.807) is 17.1 Å². The van der Waals surface area contributed by atoms with Gasteiger partial charge in [-0.3, -0.25) is 19.3 Å². The largest absolute Gasteiger partial charge is 0.342 e. The Hall–Kier alpha value is -2.70. The van der Waals surface area contributed by atoms with Gasteiger partial charge in [0.05, 0.1) is 0 Å². The minimum absolute atomic E-state index is 0.131. The quantitative estimate of drug-likeness (QED) is 0.777. The minimum Gasteiger partial charge on any atom is -0.342 e. The number of aryl methyl sites for hydroxylation is 1. The number of pyridine rings is 1. The average Bonchev–Trinajstić information content (AvgIpc) is 3.14. The van der Waals surface area contributed by atoms with Crippen LogP contribution in [0.1, 0.15) is 36.9 Å². The van der Waals surface area contributed by atoms with Gasteiger partial charge in [0.2, 0.25) is 11.8 Å². The molecule has 4 rings (SSSR count). The summed E-state index contributed by atoms with van der Waals surface area (Å²) in [5.74, 6) is 0.388. The average molecular weight is 396 g/mol. The van der Waals surface area contributed by atoms with Crippen molar-refractivity contribution in [2.24, 2.45) is 5.41 Å². The highest BCUT2D eigenvalue weighted by Crippen LogP contribution is 2.40. The van der Waals surface area contributed by atoms with Crippen LogP contribution in [0.15, 0.2) is 36.8 Å². The van der Waals surface area contributed by atoms with E-state index in [1.165, 1.54) is 0 Å². The van der Waals surface area contributed by atoms with E-state index in [1.807, 2.05) is 35.1 Å². The summed E-state index contributed by atoms with van der Waals surface area (Å²) in [7, 11) is 0. The summed E-state index contributed by atoms with van der Waals surface area (Å²) in [6, 6.07) is 5.91. The van der Waals surface area contributed by atoms with E-state index in [0.29, 0.717) is 13.0 Å². The number of likely N-dealkylation sites (tertiary alicyclic amines) is 2. The molecule has 29 heavy (non-hydrogen) atoms. The van der Waals surface area contributed by atoms with Gasteiger partial charge in [-0.1, -0.05) is 6.07 Å². The molecule has 154 valence electrons. The monoisotopic (exact) mass is 395 g/mol. The Morgan fingerprint density at radius 2 is 2.00 bits per heavy atom. The van der Waals surface area contributed by atoms with E-state index in [0.717, 1.165) is 63.1 Å². The van der Waals surface area contributed by atoms with Crippen molar-refractivity contribution in [2.75, 3.05) is 26.2 Å². The summed E-state index contributed by atoms with van der Waals surface area (Å²) in [4.78, 5) is 33.3. The fourth-order valence-corrected chi connectivity index (χ4v) is 4.55. The molecule has 4 heterocycles. The third-order valence-electron chi connectivity index (χ3n) is 6.53. The number of carbonyl (C=O) groups is 2. The molecule has 7 heteroatoms. The van der Waals surface area contributed by atoms with Crippen LogP contribution in [-0.2, 0) is 22.6 Å². The Balaban J connectivity index is 1.31. The molecule has 2 aromatic rings. The number of nitrogens with zero attached hydrogens (tertiary/aromatic N) is 5. The molecule has 7 nitrogen and oxygen atoms in total. The molecule has 2 aliphatic rings. The molecule has 0 aliphatic carbocycles. The zero-order valence-electron chi connectivity index (χ0n) is 17.1. The molecule has 2 aliphatic heterocycles. The van der Waals surface area contributed by atoms with Crippen LogP contribution in [-0.4, -0.2) is 62.6 Å². The maximum atomic E-state index is 12.7. The van der Waals surface area contributed by atoms with Crippen molar-refractivity contribution in [1.82, 2.24) is 24.6 Å². The molecule has 0 saturated carbocycles. The summed E-state index contributed by atoms with van der Waals surface area (Å²) in [5, 5.41) is 4.22. The zero-order chi connectivity index (χ0) is 20.3. The first-order valence-corrected chi connectivity index (χ1v) is 10.5. The van der Waals surface area contributed by atoms with Gasteiger partial charge in [0.25, 0.3) is 0 Å². The highest BCUT2D eigenvalue weighted by molar-refractivity contribution is 5.77.